The van der Waals surface area contributed by atoms with Crippen molar-refractivity contribution in [3.05, 3.63) is 36.2 Å². The molecule has 5 heterocycles. The van der Waals surface area contributed by atoms with E-state index in [1.165, 1.54) is 4.57 Å². The van der Waals surface area contributed by atoms with Gasteiger partial charge in [0.05, 0.1) is 37.5 Å². The second-order valence-corrected chi connectivity index (χ2v) is 11.0. The molecule has 3 aliphatic heterocycles. The molecule has 13 heteroatoms. The number of nitrogens with one attached hydrogen (secondary N) is 1. The Morgan fingerprint density at radius 3 is 2.55 bits per heavy atom. The van der Waals surface area contributed by atoms with E-state index < -0.39 is 6.43 Å². The molecule has 1 amide bonds. The minimum Gasteiger partial charge on any atom is -0.379 e. The lowest BCUT2D eigenvalue weighted by Crippen LogP contribution is -2.37. The second kappa shape index (κ2) is 13.3. The van der Waals surface area contributed by atoms with Crippen LogP contribution in [0.25, 0.3) is 16.9 Å². The van der Waals surface area contributed by atoms with Crippen LogP contribution in [0.4, 0.5) is 20.5 Å². The number of para-hydroxylation sites is 2. The fourth-order valence-electron chi connectivity index (χ4n) is 5.88. The van der Waals surface area contributed by atoms with Crippen molar-refractivity contribution in [3.63, 3.8) is 0 Å². The number of amides is 1. The molecule has 0 saturated carbocycles. The van der Waals surface area contributed by atoms with Crippen LogP contribution in [0.1, 0.15) is 31.5 Å². The van der Waals surface area contributed by atoms with Gasteiger partial charge in [-0.3, -0.25) is 14.3 Å². The molecular formula is C29H38F2N8O3. The van der Waals surface area contributed by atoms with Crippen LogP contribution in [0.5, 0.6) is 0 Å². The van der Waals surface area contributed by atoms with Crippen LogP contribution in [0.2, 0.25) is 0 Å². The largest absolute Gasteiger partial charge is 0.379 e. The Labute approximate surface area is 243 Å². The summed E-state index contributed by atoms with van der Waals surface area (Å²) in [6.07, 6.45) is -0.457. The van der Waals surface area contributed by atoms with Gasteiger partial charge in [0, 0.05) is 58.3 Å². The zero-order valence-corrected chi connectivity index (χ0v) is 23.8. The Morgan fingerprint density at radius 1 is 1.00 bits per heavy atom. The van der Waals surface area contributed by atoms with Gasteiger partial charge in [0.25, 0.3) is 6.43 Å². The molecule has 0 radical (unpaired) electrons. The first-order chi connectivity index (χ1) is 20.5. The molecule has 3 aromatic rings. The van der Waals surface area contributed by atoms with Gasteiger partial charge in [-0.25, -0.2) is 13.8 Å². The van der Waals surface area contributed by atoms with Crippen molar-refractivity contribution in [2.24, 2.45) is 5.92 Å². The lowest BCUT2D eigenvalue weighted by Gasteiger charge is -2.27. The van der Waals surface area contributed by atoms with E-state index in [0.29, 0.717) is 74.4 Å². The number of ether oxygens (including phenoxy) is 2. The van der Waals surface area contributed by atoms with Crippen molar-refractivity contribution >= 4 is 28.7 Å². The number of halogens is 2. The fourth-order valence-corrected chi connectivity index (χ4v) is 5.88. The highest BCUT2D eigenvalue weighted by Crippen LogP contribution is 2.29. The molecule has 3 aliphatic rings. The smallest absolute Gasteiger partial charge is 0.296 e. The summed E-state index contributed by atoms with van der Waals surface area (Å²) in [5, 5.41) is 3.42. The van der Waals surface area contributed by atoms with Gasteiger partial charge in [0.15, 0.2) is 5.82 Å². The van der Waals surface area contributed by atoms with Crippen molar-refractivity contribution in [2.45, 2.75) is 25.7 Å². The summed E-state index contributed by atoms with van der Waals surface area (Å²) < 4.78 is 40.6. The number of carbonyl (C=O) groups is 1. The maximum Gasteiger partial charge on any atom is 0.296 e. The quantitative estimate of drug-likeness (QED) is 0.386. The van der Waals surface area contributed by atoms with Gasteiger partial charge in [0.1, 0.15) is 11.6 Å². The van der Waals surface area contributed by atoms with E-state index in [1.807, 2.05) is 9.80 Å². The van der Waals surface area contributed by atoms with Gasteiger partial charge in [-0.15, -0.1) is 0 Å². The zero-order valence-electron chi connectivity index (χ0n) is 23.8. The third kappa shape index (κ3) is 6.63. The average Bonchev–Trinajstić information content (AvgIpc) is 3.66. The van der Waals surface area contributed by atoms with Gasteiger partial charge in [-0.05, 0) is 37.4 Å². The summed E-state index contributed by atoms with van der Waals surface area (Å²) in [7, 11) is 0. The van der Waals surface area contributed by atoms with Gasteiger partial charge in [-0.1, -0.05) is 12.1 Å². The SMILES string of the molecule is O=C(CCCN1CCOCC1)N1CC[C@H](CNc2cc(-n3c(C(F)F)nc4ccccc43)nc(N3CCOCC3)n2)C1. The lowest BCUT2D eigenvalue weighted by atomic mass is 10.1. The molecule has 226 valence electrons. The molecule has 1 N–H and O–H groups in total. The number of morpholine rings is 2. The third-order valence-electron chi connectivity index (χ3n) is 8.18. The fraction of sp³-hybridized carbons (Fsp3) is 0.586. The number of likely N-dealkylation sites (tertiary alicyclic amines) is 1. The minimum atomic E-state index is -2.77. The molecule has 1 atom stereocenters. The molecule has 0 aliphatic carbocycles. The number of carbonyl (C=O) groups excluding carboxylic acids is 1. The Kier molecular flexibility index (Phi) is 9.06. The Bertz CT molecular complexity index is 1360. The number of alkyl halides is 2. The van der Waals surface area contributed by atoms with Gasteiger partial charge >= 0.3 is 0 Å². The Balaban J connectivity index is 1.14. The van der Waals surface area contributed by atoms with Crippen LogP contribution in [0, 0.1) is 5.92 Å². The number of imidazole rings is 1. The first kappa shape index (κ1) is 28.7. The van der Waals surface area contributed by atoms with Crippen LogP contribution in [-0.4, -0.2) is 114 Å². The van der Waals surface area contributed by atoms with Crippen LogP contribution < -0.4 is 10.2 Å². The maximum atomic E-state index is 14.1. The molecule has 1 aromatic carbocycles. The van der Waals surface area contributed by atoms with E-state index in [2.05, 4.69) is 15.2 Å². The monoisotopic (exact) mass is 584 g/mol. The number of benzene rings is 1. The van der Waals surface area contributed by atoms with E-state index in [4.69, 9.17) is 19.4 Å². The summed E-state index contributed by atoms with van der Waals surface area (Å²) in [6, 6.07) is 8.77. The number of fused-ring (bicyclic) bond motifs is 1. The van der Waals surface area contributed by atoms with E-state index in [1.54, 1.807) is 30.3 Å². The number of rotatable bonds is 10. The zero-order chi connectivity index (χ0) is 28.9. The topological polar surface area (TPSA) is 101 Å². The first-order valence-corrected chi connectivity index (χ1v) is 14.8. The van der Waals surface area contributed by atoms with E-state index in [9.17, 15) is 13.6 Å². The molecule has 2 aromatic heterocycles. The molecule has 3 fully saturated rings. The normalized spacial score (nSPS) is 20.1. The van der Waals surface area contributed by atoms with E-state index >= 15 is 0 Å². The third-order valence-corrected chi connectivity index (χ3v) is 8.18. The first-order valence-electron chi connectivity index (χ1n) is 14.8. The van der Waals surface area contributed by atoms with Crippen LogP contribution in [0.3, 0.4) is 0 Å². The number of nitrogens with zero attached hydrogens (tertiary/aromatic N) is 7. The van der Waals surface area contributed by atoms with Crippen LogP contribution >= 0.6 is 0 Å². The predicted molar refractivity (Wildman–Crippen MR) is 154 cm³/mol. The molecule has 3 saturated heterocycles. The highest BCUT2D eigenvalue weighted by atomic mass is 19.3. The molecule has 42 heavy (non-hydrogen) atoms. The molecule has 11 nitrogen and oxygen atoms in total. The standard InChI is InChI=1S/C29H38F2N8O3/c30-27(31)28-33-22-4-1-2-5-23(22)39(28)25-18-24(34-29(35-25)37-12-16-42-17-13-37)32-19-21-7-9-38(20-21)26(40)6-3-8-36-10-14-41-15-11-36/h1-2,4-5,18,21,27H,3,6-17,19-20H2,(H,32,34,35)/t21-/m1/s1. The number of hydrogen-bond donors (Lipinski definition) is 1. The van der Waals surface area contributed by atoms with Gasteiger partial charge < -0.3 is 24.6 Å². The Morgan fingerprint density at radius 2 is 1.76 bits per heavy atom. The maximum absolute atomic E-state index is 14.1. The summed E-state index contributed by atoms with van der Waals surface area (Å²) in [6.45, 7) is 8.70. The van der Waals surface area contributed by atoms with Gasteiger partial charge in [0.2, 0.25) is 11.9 Å². The van der Waals surface area contributed by atoms with Crippen molar-refractivity contribution in [1.29, 1.82) is 0 Å². The lowest BCUT2D eigenvalue weighted by molar-refractivity contribution is -0.130. The Hall–Kier alpha value is -3.42. The molecule has 0 bridgehead atoms. The molecule has 0 spiro atoms. The highest BCUT2D eigenvalue weighted by molar-refractivity contribution is 5.78. The van der Waals surface area contributed by atoms with E-state index in [0.717, 1.165) is 52.2 Å². The number of hydrogen-bond acceptors (Lipinski definition) is 9. The summed E-state index contributed by atoms with van der Waals surface area (Å²) >= 11 is 0. The van der Waals surface area contributed by atoms with Crippen molar-refractivity contribution in [1.82, 2.24) is 29.3 Å². The van der Waals surface area contributed by atoms with Gasteiger partial charge in [-0.2, -0.15) is 9.97 Å². The molecule has 0 unspecified atom stereocenters. The summed E-state index contributed by atoms with van der Waals surface area (Å²) in [4.78, 5) is 32.8. The number of aromatic nitrogens is 4. The van der Waals surface area contributed by atoms with Crippen molar-refractivity contribution in [2.75, 3.05) is 89.0 Å². The van der Waals surface area contributed by atoms with Crippen LogP contribution in [0.15, 0.2) is 30.3 Å². The molecule has 6 rings (SSSR count). The summed E-state index contributed by atoms with van der Waals surface area (Å²) in [5.41, 5.74) is 1.04. The predicted octanol–water partition coefficient (Wildman–Crippen LogP) is 2.96. The minimum absolute atomic E-state index is 0.205. The second-order valence-electron chi connectivity index (χ2n) is 11.0. The molecular weight excluding hydrogens is 546 g/mol. The number of anilines is 2. The average molecular weight is 585 g/mol. The van der Waals surface area contributed by atoms with Crippen molar-refractivity contribution in [3.8, 4) is 5.82 Å². The van der Waals surface area contributed by atoms with Crippen molar-refractivity contribution < 1.29 is 23.0 Å². The van der Waals surface area contributed by atoms with E-state index in [-0.39, 0.29) is 17.6 Å². The highest BCUT2D eigenvalue weighted by Gasteiger charge is 2.27. The summed E-state index contributed by atoms with van der Waals surface area (Å²) in [5.74, 6) is 1.46. The van der Waals surface area contributed by atoms with Crippen LogP contribution in [-0.2, 0) is 14.3 Å².